The lowest BCUT2D eigenvalue weighted by atomic mass is 9.79. The predicted octanol–water partition coefficient (Wildman–Crippen LogP) is 7.26. The van der Waals surface area contributed by atoms with Crippen molar-refractivity contribution in [1.82, 2.24) is 0 Å². The van der Waals surface area contributed by atoms with Crippen LogP contribution in [0.2, 0.25) is 5.02 Å². The van der Waals surface area contributed by atoms with Crippen LogP contribution in [0.25, 0.3) is 22.3 Å². The van der Waals surface area contributed by atoms with Crippen molar-refractivity contribution in [1.29, 1.82) is 0 Å². The first-order chi connectivity index (χ1) is 16.7. The zero-order valence-corrected chi connectivity index (χ0v) is 21.8. The number of ether oxygens (including phenoxy) is 1. The second-order valence-corrected chi connectivity index (χ2v) is 9.70. The number of carboxylic acid groups (broad SMARTS) is 1. The van der Waals surface area contributed by atoms with Gasteiger partial charge in [-0.25, -0.2) is 4.79 Å². The van der Waals surface area contributed by atoms with Gasteiger partial charge in [0.25, 0.3) is 0 Å². The number of methoxy groups -OCH3 is 1. The van der Waals surface area contributed by atoms with Gasteiger partial charge in [0.1, 0.15) is 0 Å². The number of carbonyl (C=O) groups excluding carboxylic acids is 1. The summed E-state index contributed by atoms with van der Waals surface area (Å²) in [6.07, 6.45) is 1.41. The van der Waals surface area contributed by atoms with Crippen LogP contribution in [0.3, 0.4) is 0 Å². The van der Waals surface area contributed by atoms with Gasteiger partial charge in [0.2, 0.25) is 0 Å². The molecule has 35 heavy (non-hydrogen) atoms. The molecular formula is C27H27ClN2O4S. The molecule has 0 bridgehead atoms. The number of nitrogens with one attached hydrogen (secondary N) is 1. The van der Waals surface area contributed by atoms with E-state index in [1.807, 2.05) is 62.6 Å². The summed E-state index contributed by atoms with van der Waals surface area (Å²) in [6.45, 7) is 6.16. The topological polar surface area (TPSA) is 78.9 Å². The summed E-state index contributed by atoms with van der Waals surface area (Å²) in [4.78, 5) is 23.7. The maximum atomic E-state index is 11.9. The van der Waals surface area contributed by atoms with Crippen molar-refractivity contribution in [3.8, 4) is 22.3 Å². The summed E-state index contributed by atoms with van der Waals surface area (Å²) in [5.74, 6) is -0.874. The van der Waals surface area contributed by atoms with E-state index in [-0.39, 0.29) is 12.5 Å². The van der Waals surface area contributed by atoms with Gasteiger partial charge in [-0.15, -0.1) is 0 Å². The van der Waals surface area contributed by atoms with Gasteiger partial charge in [0.05, 0.1) is 25.3 Å². The number of benzene rings is 3. The first-order valence-corrected chi connectivity index (χ1v) is 12.7. The monoisotopic (exact) mass is 510 g/mol. The van der Waals surface area contributed by atoms with Gasteiger partial charge in [-0.2, -0.15) is 0 Å². The average molecular weight is 511 g/mol. The second-order valence-electron chi connectivity index (χ2n) is 8.51. The molecule has 1 amide bonds. The van der Waals surface area contributed by atoms with Crippen molar-refractivity contribution in [2.75, 3.05) is 23.0 Å². The molecule has 1 aliphatic rings. The first-order valence-electron chi connectivity index (χ1n) is 11.1. The zero-order valence-electron chi connectivity index (χ0n) is 20.2. The number of halogens is 1. The van der Waals surface area contributed by atoms with Gasteiger partial charge in [0.15, 0.2) is 0 Å². The molecule has 1 atom stereocenters. The number of carboxylic acids is 1. The van der Waals surface area contributed by atoms with Gasteiger partial charge >= 0.3 is 12.1 Å². The van der Waals surface area contributed by atoms with Crippen molar-refractivity contribution in [3.63, 3.8) is 0 Å². The second kappa shape index (κ2) is 9.84. The maximum Gasteiger partial charge on any atom is 0.411 e. The van der Waals surface area contributed by atoms with Crippen molar-refractivity contribution in [2.45, 2.75) is 33.2 Å². The Bertz CT molecular complexity index is 1320. The van der Waals surface area contributed by atoms with Crippen molar-refractivity contribution in [3.05, 3.63) is 69.7 Å². The molecule has 0 saturated carbocycles. The Balaban J connectivity index is 2.05. The van der Waals surface area contributed by atoms with E-state index in [1.54, 1.807) is 11.9 Å². The number of fused-ring (bicyclic) bond motifs is 3. The molecule has 0 saturated heterocycles. The summed E-state index contributed by atoms with van der Waals surface area (Å²) < 4.78 is 6.98. The molecule has 3 aromatic carbocycles. The highest BCUT2D eigenvalue weighted by Gasteiger charge is 2.34. The third kappa shape index (κ3) is 4.46. The average Bonchev–Trinajstić information content (AvgIpc) is 2.83. The number of rotatable bonds is 5. The van der Waals surface area contributed by atoms with Crippen molar-refractivity contribution < 1.29 is 19.4 Å². The van der Waals surface area contributed by atoms with Gasteiger partial charge < -0.3 is 14.1 Å². The molecular weight excluding hydrogens is 484 g/mol. The Hall–Kier alpha value is -3.16. The fourth-order valence-corrected chi connectivity index (χ4v) is 5.95. The molecule has 1 aliphatic heterocycles. The van der Waals surface area contributed by atoms with Crippen LogP contribution in [0.4, 0.5) is 16.2 Å². The van der Waals surface area contributed by atoms with Gasteiger partial charge in [0, 0.05) is 22.5 Å². The Morgan fingerprint density at radius 1 is 1.11 bits per heavy atom. The van der Waals surface area contributed by atoms with Gasteiger partial charge in [-0.05, 0) is 84.0 Å². The van der Waals surface area contributed by atoms with Crippen molar-refractivity contribution in [2.24, 2.45) is 0 Å². The van der Waals surface area contributed by atoms with E-state index in [0.717, 1.165) is 50.2 Å². The van der Waals surface area contributed by atoms with Crippen LogP contribution in [0, 0.1) is 13.8 Å². The summed E-state index contributed by atoms with van der Waals surface area (Å²) >= 11 is 7.74. The molecule has 1 heterocycles. The minimum absolute atomic E-state index is 0.0101. The third-order valence-electron chi connectivity index (χ3n) is 6.53. The lowest BCUT2D eigenvalue weighted by Gasteiger charge is -2.40. The molecule has 0 spiro atoms. The number of carbonyl (C=O) groups is 2. The van der Waals surface area contributed by atoms with E-state index < -0.39 is 12.1 Å². The highest BCUT2D eigenvalue weighted by molar-refractivity contribution is 8.00. The SMILES string of the molecule is COC(=O)Nc1ccc2c(c1)[C@H](C)N(SC)c1c(C)c(CC(=O)O)c(-c3ccc(Cl)cc3)c(C)c1-2. The lowest BCUT2D eigenvalue weighted by molar-refractivity contribution is -0.136. The highest BCUT2D eigenvalue weighted by Crippen LogP contribution is 2.53. The quantitative estimate of drug-likeness (QED) is 0.352. The van der Waals surface area contributed by atoms with E-state index in [9.17, 15) is 14.7 Å². The van der Waals surface area contributed by atoms with Crippen LogP contribution in [0.15, 0.2) is 42.5 Å². The molecule has 0 radical (unpaired) electrons. The molecule has 2 N–H and O–H groups in total. The summed E-state index contributed by atoms with van der Waals surface area (Å²) in [6, 6.07) is 13.4. The van der Waals surface area contributed by atoms with Crippen molar-refractivity contribution >= 4 is 47.0 Å². The minimum Gasteiger partial charge on any atom is -0.481 e. The van der Waals surface area contributed by atoms with Crippen LogP contribution >= 0.6 is 23.5 Å². The molecule has 0 fully saturated rings. The van der Waals surface area contributed by atoms with E-state index in [4.69, 9.17) is 16.3 Å². The lowest BCUT2D eigenvalue weighted by Crippen LogP contribution is -2.26. The maximum absolute atomic E-state index is 11.9. The fraction of sp³-hybridized carbons (Fsp3) is 0.259. The number of aliphatic carboxylic acids is 1. The molecule has 182 valence electrons. The normalized spacial score (nSPS) is 14.2. The van der Waals surface area contributed by atoms with E-state index in [0.29, 0.717) is 10.7 Å². The van der Waals surface area contributed by atoms with E-state index >= 15 is 0 Å². The molecule has 8 heteroatoms. The van der Waals surface area contributed by atoms with Crippen LogP contribution in [0.1, 0.15) is 35.2 Å². The first kappa shape index (κ1) is 24.9. The summed E-state index contributed by atoms with van der Waals surface area (Å²) in [5, 5.41) is 13.2. The van der Waals surface area contributed by atoms with Gasteiger partial charge in [-0.1, -0.05) is 41.7 Å². The molecule has 0 unspecified atom stereocenters. The molecule has 4 rings (SSSR count). The number of anilines is 2. The minimum atomic E-state index is -0.874. The smallest absolute Gasteiger partial charge is 0.411 e. The zero-order chi connectivity index (χ0) is 25.4. The van der Waals surface area contributed by atoms with Crippen LogP contribution in [-0.4, -0.2) is 30.5 Å². The Morgan fingerprint density at radius 3 is 2.40 bits per heavy atom. The molecule has 0 aromatic heterocycles. The fourth-order valence-electron chi connectivity index (χ4n) is 4.98. The van der Waals surface area contributed by atoms with Crippen LogP contribution in [0.5, 0.6) is 0 Å². The number of nitrogens with zero attached hydrogens (tertiary/aromatic N) is 1. The number of hydrogen-bond donors (Lipinski definition) is 2. The Kier molecular flexibility index (Phi) is 7.01. The summed E-state index contributed by atoms with van der Waals surface area (Å²) in [5.41, 5.74) is 9.46. The number of hydrogen-bond acceptors (Lipinski definition) is 5. The van der Waals surface area contributed by atoms with E-state index in [1.165, 1.54) is 7.11 Å². The molecule has 3 aromatic rings. The molecule has 0 aliphatic carbocycles. The largest absolute Gasteiger partial charge is 0.481 e. The summed E-state index contributed by atoms with van der Waals surface area (Å²) in [7, 11) is 1.33. The number of amides is 1. The Labute approximate surface area is 214 Å². The van der Waals surface area contributed by atoms with Crippen LogP contribution < -0.4 is 9.62 Å². The molecule has 6 nitrogen and oxygen atoms in total. The van der Waals surface area contributed by atoms with E-state index in [2.05, 4.69) is 16.5 Å². The van der Waals surface area contributed by atoms with Crippen LogP contribution in [-0.2, 0) is 16.0 Å². The highest BCUT2D eigenvalue weighted by atomic mass is 35.5. The predicted molar refractivity (Wildman–Crippen MR) is 144 cm³/mol. The third-order valence-corrected chi connectivity index (χ3v) is 7.67. The Morgan fingerprint density at radius 2 is 1.80 bits per heavy atom. The standard InChI is InChI=1S/C27H27ClN2O4S/c1-14-21(13-23(31)32)24(17-6-8-18(28)9-7-17)15(2)25-20-11-10-19(29-27(33)34-4)12-22(20)16(3)30(35-5)26(14)25/h6-12,16H,13H2,1-5H3,(H,29,33)(H,31,32)/t16-/m0/s1. The van der Waals surface area contributed by atoms with Gasteiger partial charge in [-0.3, -0.25) is 10.1 Å².